The largest absolute Gasteiger partial charge is 0.772 e. The van der Waals surface area contributed by atoms with E-state index in [1.165, 1.54) is 11.3 Å². The van der Waals surface area contributed by atoms with Gasteiger partial charge in [-0.3, -0.25) is 14.0 Å². The van der Waals surface area contributed by atoms with Gasteiger partial charge in [0, 0.05) is 21.6 Å². The summed E-state index contributed by atoms with van der Waals surface area (Å²) in [6.07, 6.45) is 3.29. The lowest BCUT2D eigenvalue weighted by atomic mass is 10.2. The molecule has 0 aliphatic rings. The maximum Gasteiger partial charge on any atom is 0.298 e. The standard InChI is InChI=1S/C14H13NO4S2/c1-10-6-11(4-5-15-10)14-3-2-13(20-14)7-12(19-9-16)8-21(17)18/h2-7,9H,8H2,1H3,(H,17,18)/p-1. The number of aromatic nitrogens is 1. The quantitative estimate of drug-likeness (QED) is 0.464. The van der Waals surface area contributed by atoms with Crippen LogP contribution in [0.3, 0.4) is 0 Å². The minimum absolute atomic E-state index is 0.0950. The molecule has 2 heterocycles. The predicted molar refractivity (Wildman–Crippen MR) is 81.2 cm³/mol. The molecule has 1 atom stereocenters. The summed E-state index contributed by atoms with van der Waals surface area (Å²) in [6, 6.07) is 7.65. The molecule has 0 saturated heterocycles. The normalized spacial score (nSPS) is 13.0. The molecule has 0 radical (unpaired) electrons. The topological polar surface area (TPSA) is 79.3 Å². The number of hydrogen-bond acceptors (Lipinski definition) is 6. The zero-order valence-corrected chi connectivity index (χ0v) is 12.8. The van der Waals surface area contributed by atoms with Gasteiger partial charge in [0.15, 0.2) is 0 Å². The highest BCUT2D eigenvalue weighted by Crippen LogP contribution is 2.29. The number of rotatable bonds is 6. The van der Waals surface area contributed by atoms with Crippen molar-refractivity contribution in [1.29, 1.82) is 0 Å². The number of hydrogen-bond donors (Lipinski definition) is 0. The van der Waals surface area contributed by atoms with Gasteiger partial charge in [0.05, 0.1) is 5.75 Å². The molecule has 0 aliphatic carbocycles. The van der Waals surface area contributed by atoms with E-state index in [1.54, 1.807) is 12.3 Å². The second kappa shape index (κ2) is 7.26. The Kier molecular flexibility index (Phi) is 5.38. The van der Waals surface area contributed by atoms with Crippen molar-refractivity contribution in [3.8, 4) is 10.4 Å². The van der Waals surface area contributed by atoms with Gasteiger partial charge in [-0.25, -0.2) is 0 Å². The highest BCUT2D eigenvalue weighted by Gasteiger charge is 2.05. The number of thiophene rings is 1. The second-order valence-corrected chi connectivity index (χ2v) is 6.17. The van der Waals surface area contributed by atoms with Gasteiger partial charge < -0.3 is 9.29 Å². The maximum absolute atomic E-state index is 10.7. The molecule has 0 N–H and O–H groups in total. The van der Waals surface area contributed by atoms with E-state index in [2.05, 4.69) is 9.72 Å². The monoisotopic (exact) mass is 322 g/mol. The van der Waals surface area contributed by atoms with Crippen molar-refractivity contribution in [3.63, 3.8) is 0 Å². The molecule has 7 heteroatoms. The molecule has 0 aromatic carbocycles. The third kappa shape index (κ3) is 4.59. The lowest BCUT2D eigenvalue weighted by Crippen LogP contribution is -2.02. The van der Waals surface area contributed by atoms with E-state index in [1.807, 2.05) is 31.2 Å². The van der Waals surface area contributed by atoms with Crippen molar-refractivity contribution in [3.05, 3.63) is 46.8 Å². The number of ether oxygens (including phenoxy) is 1. The second-order valence-electron chi connectivity index (χ2n) is 4.16. The lowest BCUT2D eigenvalue weighted by Gasteiger charge is -2.06. The first-order chi connectivity index (χ1) is 10.1. The number of pyridine rings is 1. The maximum atomic E-state index is 10.7. The summed E-state index contributed by atoms with van der Waals surface area (Å²) in [5.41, 5.74) is 1.96. The predicted octanol–water partition coefficient (Wildman–Crippen LogP) is 2.51. The van der Waals surface area contributed by atoms with Gasteiger partial charge >= 0.3 is 0 Å². The minimum Gasteiger partial charge on any atom is -0.772 e. The fourth-order valence-corrected chi connectivity index (χ4v) is 3.08. The van der Waals surface area contributed by atoms with E-state index >= 15 is 0 Å². The average molecular weight is 322 g/mol. The van der Waals surface area contributed by atoms with Crippen molar-refractivity contribution < 1.29 is 18.3 Å². The number of aryl methyl sites for hydroxylation is 1. The summed E-state index contributed by atoms with van der Waals surface area (Å²) in [5, 5.41) is 0. The number of carbonyl (C=O) groups excluding carboxylic acids is 1. The molecule has 0 aliphatic heterocycles. The van der Waals surface area contributed by atoms with E-state index in [0.717, 1.165) is 21.0 Å². The molecule has 0 bridgehead atoms. The lowest BCUT2D eigenvalue weighted by molar-refractivity contribution is -0.124. The summed E-state index contributed by atoms with van der Waals surface area (Å²) in [6.45, 7) is 2.14. The van der Waals surface area contributed by atoms with E-state index in [9.17, 15) is 13.6 Å². The van der Waals surface area contributed by atoms with Crippen LogP contribution in [0.5, 0.6) is 0 Å². The summed E-state index contributed by atoms with van der Waals surface area (Å²) < 4.78 is 26.1. The van der Waals surface area contributed by atoms with E-state index in [4.69, 9.17) is 0 Å². The Morgan fingerprint density at radius 2 is 2.29 bits per heavy atom. The van der Waals surface area contributed by atoms with E-state index in [-0.39, 0.29) is 18.0 Å². The van der Waals surface area contributed by atoms with Gasteiger partial charge in [-0.05, 0) is 53.9 Å². The Morgan fingerprint density at radius 1 is 1.48 bits per heavy atom. The highest BCUT2D eigenvalue weighted by molar-refractivity contribution is 7.79. The van der Waals surface area contributed by atoms with Crippen LogP contribution < -0.4 is 0 Å². The van der Waals surface area contributed by atoms with Crippen molar-refractivity contribution in [2.45, 2.75) is 6.92 Å². The third-order valence-electron chi connectivity index (χ3n) is 2.57. The van der Waals surface area contributed by atoms with Crippen LogP contribution in [-0.4, -0.2) is 26.0 Å². The molecule has 2 aromatic heterocycles. The number of carbonyl (C=O) groups is 1. The molecule has 0 saturated carbocycles. The van der Waals surface area contributed by atoms with Crippen LogP contribution in [0, 0.1) is 6.92 Å². The molecule has 0 spiro atoms. The van der Waals surface area contributed by atoms with Crippen molar-refractivity contribution in [2.75, 3.05) is 5.75 Å². The highest BCUT2D eigenvalue weighted by atomic mass is 32.2. The Bertz CT molecular complexity index is 694. The van der Waals surface area contributed by atoms with Gasteiger partial charge in [0.25, 0.3) is 6.47 Å². The molecule has 1 unspecified atom stereocenters. The Hall–Kier alpha value is -1.83. The molecular formula is C14H12NO4S2-. The molecule has 110 valence electrons. The van der Waals surface area contributed by atoms with Gasteiger partial charge in [-0.2, -0.15) is 0 Å². The molecule has 0 amide bonds. The van der Waals surface area contributed by atoms with Crippen LogP contribution in [-0.2, 0) is 20.6 Å². The average Bonchev–Trinajstić information content (AvgIpc) is 2.87. The Labute approximate surface area is 128 Å². The van der Waals surface area contributed by atoms with Gasteiger partial charge in [-0.1, -0.05) is 0 Å². The molecule has 21 heavy (non-hydrogen) atoms. The Morgan fingerprint density at radius 3 is 2.95 bits per heavy atom. The minimum atomic E-state index is -2.31. The number of nitrogens with zero attached hydrogens (tertiary/aromatic N) is 1. The van der Waals surface area contributed by atoms with Gasteiger partial charge in [-0.15, -0.1) is 11.3 Å². The molecular weight excluding hydrogens is 310 g/mol. The zero-order valence-electron chi connectivity index (χ0n) is 11.1. The third-order valence-corrected chi connectivity index (χ3v) is 4.17. The molecule has 2 rings (SSSR count). The van der Waals surface area contributed by atoms with Crippen LogP contribution in [0.1, 0.15) is 10.6 Å². The van der Waals surface area contributed by atoms with Crippen LogP contribution in [0.2, 0.25) is 0 Å². The summed E-state index contributed by atoms with van der Waals surface area (Å²) in [5.74, 6) is -0.238. The summed E-state index contributed by atoms with van der Waals surface area (Å²) >= 11 is -0.834. The fraction of sp³-hybridized carbons (Fsp3) is 0.143. The molecule has 0 fully saturated rings. The first-order valence-electron chi connectivity index (χ1n) is 5.98. The van der Waals surface area contributed by atoms with Crippen LogP contribution in [0.25, 0.3) is 16.5 Å². The molecule has 2 aromatic rings. The van der Waals surface area contributed by atoms with Gasteiger partial charge in [0.1, 0.15) is 5.76 Å². The smallest absolute Gasteiger partial charge is 0.298 e. The van der Waals surface area contributed by atoms with Gasteiger partial charge in [0.2, 0.25) is 0 Å². The van der Waals surface area contributed by atoms with E-state index < -0.39 is 11.1 Å². The van der Waals surface area contributed by atoms with Crippen LogP contribution >= 0.6 is 11.3 Å². The van der Waals surface area contributed by atoms with E-state index in [0.29, 0.717) is 0 Å². The van der Waals surface area contributed by atoms with Crippen LogP contribution in [0.4, 0.5) is 0 Å². The fourth-order valence-electron chi connectivity index (χ4n) is 1.73. The van der Waals surface area contributed by atoms with Crippen molar-refractivity contribution in [1.82, 2.24) is 4.98 Å². The van der Waals surface area contributed by atoms with Crippen molar-refractivity contribution in [2.24, 2.45) is 0 Å². The summed E-state index contributed by atoms with van der Waals surface area (Å²) in [7, 11) is 0. The zero-order chi connectivity index (χ0) is 15.2. The first kappa shape index (κ1) is 15.6. The Balaban J connectivity index is 2.25. The SMILES string of the molecule is Cc1cc(-c2ccc(C=C(CS(=O)[O-])OC=O)s2)ccn1. The molecule has 5 nitrogen and oxygen atoms in total. The first-order valence-corrected chi connectivity index (χ1v) is 8.04. The summed E-state index contributed by atoms with van der Waals surface area (Å²) in [4.78, 5) is 16.4. The van der Waals surface area contributed by atoms with Crippen molar-refractivity contribution >= 4 is 35.0 Å². The van der Waals surface area contributed by atoms with Crippen LogP contribution in [0.15, 0.2) is 36.2 Å².